The first kappa shape index (κ1) is 22.7. The van der Waals surface area contributed by atoms with Crippen molar-refractivity contribution in [2.24, 2.45) is 0 Å². The van der Waals surface area contributed by atoms with Gasteiger partial charge in [-0.2, -0.15) is 0 Å². The van der Waals surface area contributed by atoms with E-state index in [2.05, 4.69) is 15.4 Å². The molecule has 3 N–H and O–H groups in total. The Hall–Kier alpha value is -4.09. The number of benzene rings is 3. The zero-order valence-corrected chi connectivity index (χ0v) is 19.3. The van der Waals surface area contributed by atoms with Crippen molar-refractivity contribution in [1.29, 1.82) is 0 Å². The van der Waals surface area contributed by atoms with E-state index in [1.807, 2.05) is 0 Å². The Bertz CT molecular complexity index is 1440. The Balaban J connectivity index is 1.28. The largest absolute Gasteiger partial charge is 0.479 e. The van der Waals surface area contributed by atoms with Gasteiger partial charge in [-0.1, -0.05) is 12.1 Å². The minimum absolute atomic E-state index is 0.0386. The van der Waals surface area contributed by atoms with Crippen LogP contribution in [0.5, 0.6) is 17.2 Å². The molecule has 2 heterocycles. The molecule has 0 aliphatic carbocycles. The number of carbonyl (C=O) groups is 2. The molecule has 0 spiro atoms. The Labute approximate surface area is 201 Å². The molecule has 10 nitrogen and oxygen atoms in total. The van der Waals surface area contributed by atoms with Crippen LogP contribution in [0, 0.1) is 0 Å². The number of hydrogen-bond donors (Lipinski definition) is 3. The van der Waals surface area contributed by atoms with Crippen molar-refractivity contribution in [3.05, 3.63) is 71.8 Å². The monoisotopic (exact) mass is 495 g/mol. The third-order valence-electron chi connectivity index (χ3n) is 5.48. The fourth-order valence-electron chi connectivity index (χ4n) is 3.61. The van der Waals surface area contributed by atoms with Gasteiger partial charge in [-0.05, 0) is 61.0 Å². The second-order valence-corrected chi connectivity index (χ2v) is 9.72. The van der Waals surface area contributed by atoms with Gasteiger partial charge in [0.15, 0.2) is 17.6 Å². The number of fused-ring (bicyclic) bond motifs is 2. The number of ether oxygens (including phenoxy) is 3. The Morgan fingerprint density at radius 3 is 2.69 bits per heavy atom. The van der Waals surface area contributed by atoms with E-state index in [9.17, 15) is 18.0 Å². The average Bonchev–Trinajstić information content (AvgIpc) is 3.32. The van der Waals surface area contributed by atoms with Gasteiger partial charge in [0, 0.05) is 17.8 Å². The van der Waals surface area contributed by atoms with Crippen LogP contribution in [-0.2, 0) is 21.4 Å². The molecule has 0 radical (unpaired) electrons. The normalized spacial score (nSPS) is 16.1. The number of amides is 2. The summed E-state index contributed by atoms with van der Waals surface area (Å²) in [6.45, 7) is 1.81. The number of carbonyl (C=O) groups excluding carboxylic acids is 2. The molecule has 2 aliphatic heterocycles. The van der Waals surface area contributed by atoms with E-state index in [1.54, 1.807) is 43.3 Å². The van der Waals surface area contributed by atoms with E-state index in [-0.39, 0.29) is 29.7 Å². The molecule has 11 heteroatoms. The van der Waals surface area contributed by atoms with Crippen molar-refractivity contribution >= 4 is 33.2 Å². The Morgan fingerprint density at radius 1 is 1.03 bits per heavy atom. The van der Waals surface area contributed by atoms with Crippen LogP contribution in [0.15, 0.2) is 65.6 Å². The van der Waals surface area contributed by atoms with Gasteiger partial charge in [-0.15, -0.1) is 0 Å². The van der Waals surface area contributed by atoms with Crippen LogP contribution < -0.4 is 29.6 Å². The number of anilines is 2. The predicted molar refractivity (Wildman–Crippen MR) is 126 cm³/mol. The highest BCUT2D eigenvalue weighted by Gasteiger charge is 2.24. The number of hydrogen-bond acceptors (Lipinski definition) is 7. The van der Waals surface area contributed by atoms with Crippen molar-refractivity contribution < 1.29 is 32.2 Å². The maximum absolute atomic E-state index is 12.8. The zero-order chi connectivity index (χ0) is 24.6. The van der Waals surface area contributed by atoms with Crippen LogP contribution in [0.4, 0.5) is 11.4 Å². The SMILES string of the molecule is CC1Oc2ccc(NC(=O)c3cccc(S(=O)(=O)NCc4ccc5c(c4)OCO5)c3)cc2NC1=O. The van der Waals surface area contributed by atoms with Crippen molar-refractivity contribution in [3.8, 4) is 17.2 Å². The van der Waals surface area contributed by atoms with Crippen LogP contribution in [0.25, 0.3) is 0 Å². The highest BCUT2D eigenvalue weighted by Crippen LogP contribution is 2.33. The van der Waals surface area contributed by atoms with Crippen molar-refractivity contribution in [2.45, 2.75) is 24.5 Å². The number of rotatable bonds is 6. The van der Waals surface area contributed by atoms with Gasteiger partial charge >= 0.3 is 0 Å². The lowest BCUT2D eigenvalue weighted by atomic mass is 10.2. The third-order valence-corrected chi connectivity index (χ3v) is 6.88. The van der Waals surface area contributed by atoms with Crippen LogP contribution in [0.3, 0.4) is 0 Å². The molecule has 1 atom stereocenters. The van der Waals surface area contributed by atoms with Crippen molar-refractivity contribution in [2.75, 3.05) is 17.4 Å². The maximum Gasteiger partial charge on any atom is 0.265 e. The summed E-state index contributed by atoms with van der Waals surface area (Å²) in [5, 5.41) is 5.42. The number of sulfonamides is 1. The summed E-state index contributed by atoms with van der Waals surface area (Å²) in [7, 11) is -3.89. The summed E-state index contributed by atoms with van der Waals surface area (Å²) in [6.07, 6.45) is -0.605. The van der Waals surface area contributed by atoms with E-state index in [0.717, 1.165) is 0 Å². The maximum atomic E-state index is 12.8. The Kier molecular flexibility index (Phi) is 5.79. The van der Waals surface area contributed by atoms with Crippen LogP contribution >= 0.6 is 0 Å². The predicted octanol–water partition coefficient (Wildman–Crippen LogP) is 2.87. The summed E-state index contributed by atoms with van der Waals surface area (Å²) >= 11 is 0. The lowest BCUT2D eigenvalue weighted by molar-refractivity contribution is -0.122. The summed E-state index contributed by atoms with van der Waals surface area (Å²) in [5.41, 5.74) is 1.71. The lowest BCUT2D eigenvalue weighted by Gasteiger charge is -2.23. The molecular formula is C24H21N3O7S. The molecular weight excluding hydrogens is 474 g/mol. The lowest BCUT2D eigenvalue weighted by Crippen LogP contribution is -2.34. The standard InChI is InChI=1S/C24H21N3O7S/c1-14-23(28)27-19-11-17(6-8-20(19)34-14)26-24(29)16-3-2-4-18(10-16)35(30,31)25-12-15-5-7-21-22(9-15)33-13-32-21/h2-11,14,25H,12-13H2,1H3,(H,26,29)(H,27,28). The smallest absolute Gasteiger partial charge is 0.265 e. The van der Waals surface area contributed by atoms with Gasteiger partial charge in [-0.3, -0.25) is 9.59 Å². The molecule has 2 amide bonds. The van der Waals surface area contributed by atoms with Gasteiger partial charge in [0.25, 0.3) is 11.8 Å². The minimum atomic E-state index is -3.89. The molecule has 2 aliphatic rings. The van der Waals surface area contributed by atoms with Crippen molar-refractivity contribution in [1.82, 2.24) is 4.72 Å². The second kappa shape index (κ2) is 8.93. The molecule has 3 aromatic rings. The Morgan fingerprint density at radius 2 is 1.83 bits per heavy atom. The van der Waals surface area contributed by atoms with Gasteiger partial charge < -0.3 is 24.8 Å². The highest BCUT2D eigenvalue weighted by atomic mass is 32.2. The van der Waals surface area contributed by atoms with E-state index in [0.29, 0.717) is 34.2 Å². The van der Waals surface area contributed by atoms with E-state index in [4.69, 9.17) is 14.2 Å². The van der Waals surface area contributed by atoms with Crippen LogP contribution in [0.2, 0.25) is 0 Å². The molecule has 0 aromatic heterocycles. The average molecular weight is 496 g/mol. The van der Waals surface area contributed by atoms with E-state index < -0.39 is 22.0 Å². The first-order chi connectivity index (χ1) is 16.8. The summed E-state index contributed by atoms with van der Waals surface area (Å²) < 4.78 is 44.3. The molecule has 0 bridgehead atoms. The van der Waals surface area contributed by atoms with Gasteiger partial charge in [0.1, 0.15) is 5.75 Å². The zero-order valence-electron chi connectivity index (χ0n) is 18.5. The molecule has 0 saturated carbocycles. The summed E-state index contributed by atoms with van der Waals surface area (Å²) in [6, 6.07) is 15.7. The molecule has 5 rings (SSSR count). The third kappa shape index (κ3) is 4.77. The van der Waals surface area contributed by atoms with Crippen LogP contribution in [-0.4, -0.2) is 33.1 Å². The van der Waals surface area contributed by atoms with E-state index >= 15 is 0 Å². The molecule has 3 aromatic carbocycles. The fourth-order valence-corrected chi connectivity index (χ4v) is 4.67. The van der Waals surface area contributed by atoms with Gasteiger partial charge in [0.2, 0.25) is 16.8 Å². The molecule has 180 valence electrons. The minimum Gasteiger partial charge on any atom is -0.479 e. The fraction of sp³-hybridized carbons (Fsp3) is 0.167. The van der Waals surface area contributed by atoms with Gasteiger partial charge in [0.05, 0.1) is 10.6 Å². The van der Waals surface area contributed by atoms with Crippen molar-refractivity contribution in [3.63, 3.8) is 0 Å². The molecule has 0 saturated heterocycles. The van der Waals surface area contributed by atoms with Crippen LogP contribution in [0.1, 0.15) is 22.8 Å². The number of nitrogens with one attached hydrogen (secondary N) is 3. The highest BCUT2D eigenvalue weighted by molar-refractivity contribution is 7.89. The summed E-state index contributed by atoms with van der Waals surface area (Å²) in [5.74, 6) is 0.875. The molecule has 35 heavy (non-hydrogen) atoms. The second-order valence-electron chi connectivity index (χ2n) is 7.95. The first-order valence-electron chi connectivity index (χ1n) is 10.7. The quantitative estimate of drug-likeness (QED) is 0.479. The molecule has 1 unspecified atom stereocenters. The van der Waals surface area contributed by atoms with Gasteiger partial charge in [-0.25, -0.2) is 13.1 Å². The first-order valence-corrected chi connectivity index (χ1v) is 12.2. The molecule has 0 fully saturated rings. The summed E-state index contributed by atoms with van der Waals surface area (Å²) in [4.78, 5) is 24.6. The topological polar surface area (TPSA) is 132 Å². The van der Waals surface area contributed by atoms with E-state index in [1.165, 1.54) is 24.3 Å².